The summed E-state index contributed by atoms with van der Waals surface area (Å²) >= 11 is 6.41. The smallest absolute Gasteiger partial charge is 0.376 e. The molecule has 3 aliphatic rings. The van der Waals surface area contributed by atoms with Gasteiger partial charge in [-0.1, -0.05) is 50.1 Å². The minimum atomic E-state index is -1.01. The zero-order chi connectivity index (χ0) is 18.9. The molecule has 27 heavy (non-hydrogen) atoms. The molecule has 0 radical (unpaired) electrons. The number of benzene rings is 1. The van der Waals surface area contributed by atoms with Crippen molar-refractivity contribution in [2.24, 2.45) is 11.8 Å². The standard InChI is InChI=1S/C22H29ClO4/c1-25-20(24)21-26-19-13-12-17(23)14-18(19)22(27-21,15-8-4-2-5-9-15)16-10-6-3-7-11-16/h12-16,21H,2-11H2,1H3. The van der Waals surface area contributed by atoms with Crippen molar-refractivity contribution in [3.05, 3.63) is 28.8 Å². The second kappa shape index (κ2) is 8.00. The van der Waals surface area contributed by atoms with E-state index in [4.69, 9.17) is 25.8 Å². The molecule has 0 saturated heterocycles. The third kappa shape index (κ3) is 3.47. The quantitative estimate of drug-likeness (QED) is 0.627. The Kier molecular flexibility index (Phi) is 5.65. The van der Waals surface area contributed by atoms with Gasteiger partial charge in [0.25, 0.3) is 6.29 Å². The second-order valence-electron chi connectivity index (χ2n) is 8.19. The third-order valence-corrected chi connectivity index (χ3v) is 6.95. The van der Waals surface area contributed by atoms with Crippen molar-refractivity contribution in [1.82, 2.24) is 0 Å². The van der Waals surface area contributed by atoms with Crippen LogP contribution in [0.4, 0.5) is 0 Å². The van der Waals surface area contributed by atoms with Gasteiger partial charge in [-0.2, -0.15) is 0 Å². The normalized spacial score (nSPS) is 26.1. The highest BCUT2D eigenvalue weighted by atomic mass is 35.5. The molecular weight excluding hydrogens is 364 g/mol. The molecule has 4 nitrogen and oxygen atoms in total. The van der Waals surface area contributed by atoms with Crippen LogP contribution in [0.5, 0.6) is 5.75 Å². The van der Waals surface area contributed by atoms with Crippen LogP contribution in [-0.4, -0.2) is 19.4 Å². The van der Waals surface area contributed by atoms with Crippen LogP contribution >= 0.6 is 11.6 Å². The number of hydrogen-bond acceptors (Lipinski definition) is 4. The maximum Gasteiger partial charge on any atom is 0.376 e. The van der Waals surface area contributed by atoms with Gasteiger partial charge in [-0.15, -0.1) is 0 Å². The first kappa shape index (κ1) is 19.1. The van der Waals surface area contributed by atoms with Gasteiger partial charge >= 0.3 is 5.97 Å². The van der Waals surface area contributed by atoms with Gasteiger partial charge in [0.05, 0.1) is 7.11 Å². The molecule has 5 heteroatoms. The van der Waals surface area contributed by atoms with Crippen molar-refractivity contribution in [3.8, 4) is 5.75 Å². The van der Waals surface area contributed by atoms with Crippen LogP contribution < -0.4 is 4.74 Å². The molecular formula is C22H29ClO4. The average molecular weight is 393 g/mol. The summed E-state index contributed by atoms with van der Waals surface area (Å²) in [4.78, 5) is 12.4. The molecule has 0 amide bonds. The number of hydrogen-bond donors (Lipinski definition) is 0. The van der Waals surface area contributed by atoms with E-state index >= 15 is 0 Å². The highest BCUT2D eigenvalue weighted by Gasteiger charge is 2.54. The van der Waals surface area contributed by atoms with E-state index in [1.165, 1.54) is 45.6 Å². The van der Waals surface area contributed by atoms with Crippen LogP contribution in [0.2, 0.25) is 5.02 Å². The number of esters is 1. The van der Waals surface area contributed by atoms with Gasteiger partial charge in [-0.25, -0.2) is 4.79 Å². The molecule has 1 heterocycles. The molecule has 1 atom stereocenters. The topological polar surface area (TPSA) is 44.8 Å². The van der Waals surface area contributed by atoms with Gasteiger partial charge in [-0.3, -0.25) is 0 Å². The maximum absolute atomic E-state index is 12.4. The fourth-order valence-corrected chi connectivity index (χ4v) is 5.68. The van der Waals surface area contributed by atoms with E-state index in [1.807, 2.05) is 18.2 Å². The second-order valence-corrected chi connectivity index (χ2v) is 8.63. The van der Waals surface area contributed by atoms with Gasteiger partial charge in [0.1, 0.15) is 11.4 Å². The lowest BCUT2D eigenvalue weighted by atomic mass is 9.63. The highest BCUT2D eigenvalue weighted by Crippen LogP contribution is 2.56. The monoisotopic (exact) mass is 392 g/mol. The van der Waals surface area contributed by atoms with E-state index in [1.54, 1.807) is 0 Å². The Balaban J connectivity index is 1.85. The number of halogens is 1. The molecule has 1 aliphatic heterocycles. The van der Waals surface area contributed by atoms with Crippen LogP contribution in [0.3, 0.4) is 0 Å². The van der Waals surface area contributed by atoms with Crippen LogP contribution in [0, 0.1) is 11.8 Å². The summed E-state index contributed by atoms with van der Waals surface area (Å²) in [5.41, 5.74) is 0.520. The fourth-order valence-electron chi connectivity index (χ4n) is 5.51. The molecule has 2 aliphatic carbocycles. The molecule has 2 fully saturated rings. The van der Waals surface area contributed by atoms with Gasteiger partial charge in [0, 0.05) is 10.6 Å². The SMILES string of the molecule is COC(=O)C1Oc2ccc(Cl)cc2C(C2CCCCC2)(C2CCCCC2)O1. The summed E-state index contributed by atoms with van der Waals surface area (Å²) in [5.74, 6) is 1.01. The van der Waals surface area contributed by atoms with Crippen molar-refractivity contribution in [2.75, 3.05) is 7.11 Å². The fraction of sp³-hybridized carbons (Fsp3) is 0.682. The Morgan fingerprint density at radius 2 is 1.63 bits per heavy atom. The number of carbonyl (C=O) groups excluding carboxylic acids is 1. The summed E-state index contributed by atoms with van der Waals surface area (Å²) in [6.45, 7) is 0. The van der Waals surface area contributed by atoms with Gasteiger partial charge in [0.15, 0.2) is 0 Å². The van der Waals surface area contributed by atoms with Crippen LogP contribution in [0.25, 0.3) is 0 Å². The predicted molar refractivity (Wildman–Crippen MR) is 104 cm³/mol. The molecule has 0 aromatic heterocycles. The van der Waals surface area contributed by atoms with Gasteiger partial charge in [-0.05, 0) is 55.7 Å². The molecule has 0 bridgehead atoms. The first-order valence-corrected chi connectivity index (χ1v) is 10.8. The molecule has 0 N–H and O–H groups in total. The third-order valence-electron chi connectivity index (χ3n) is 6.72. The summed E-state index contributed by atoms with van der Waals surface area (Å²) in [6.07, 6.45) is 10.9. The summed E-state index contributed by atoms with van der Waals surface area (Å²) in [5, 5.41) is 0.688. The summed E-state index contributed by atoms with van der Waals surface area (Å²) in [6, 6.07) is 5.72. The van der Waals surface area contributed by atoms with E-state index in [0.717, 1.165) is 37.0 Å². The molecule has 148 valence electrons. The van der Waals surface area contributed by atoms with Crippen molar-refractivity contribution >= 4 is 17.6 Å². The zero-order valence-electron chi connectivity index (χ0n) is 16.0. The molecule has 1 unspecified atom stereocenters. The van der Waals surface area contributed by atoms with Crippen molar-refractivity contribution in [1.29, 1.82) is 0 Å². The largest absolute Gasteiger partial charge is 0.464 e. The lowest BCUT2D eigenvalue weighted by Gasteiger charge is -2.52. The lowest BCUT2D eigenvalue weighted by Crippen LogP contribution is -2.54. The van der Waals surface area contributed by atoms with E-state index in [2.05, 4.69) is 0 Å². The van der Waals surface area contributed by atoms with Crippen molar-refractivity contribution < 1.29 is 19.0 Å². The van der Waals surface area contributed by atoms with E-state index in [9.17, 15) is 4.79 Å². The Hall–Kier alpha value is -1.26. The van der Waals surface area contributed by atoms with Crippen LogP contribution in [-0.2, 0) is 19.9 Å². The molecule has 1 aromatic carbocycles. The summed E-state index contributed by atoms with van der Waals surface area (Å²) in [7, 11) is 1.38. The molecule has 0 spiro atoms. The number of fused-ring (bicyclic) bond motifs is 1. The Labute approximate surface area is 166 Å². The zero-order valence-corrected chi connectivity index (χ0v) is 16.8. The Bertz CT molecular complexity index is 659. The number of methoxy groups -OCH3 is 1. The maximum atomic E-state index is 12.4. The minimum absolute atomic E-state index is 0.377. The van der Waals surface area contributed by atoms with E-state index in [0.29, 0.717) is 16.9 Å². The number of carbonyl (C=O) groups is 1. The van der Waals surface area contributed by atoms with E-state index in [-0.39, 0.29) is 0 Å². The first-order valence-electron chi connectivity index (χ1n) is 10.4. The van der Waals surface area contributed by atoms with Crippen molar-refractivity contribution in [3.63, 3.8) is 0 Å². The molecule has 1 aromatic rings. The Morgan fingerprint density at radius 1 is 1.04 bits per heavy atom. The Morgan fingerprint density at radius 3 is 2.19 bits per heavy atom. The number of rotatable bonds is 3. The van der Waals surface area contributed by atoms with Crippen molar-refractivity contribution in [2.45, 2.75) is 76.1 Å². The number of ether oxygens (including phenoxy) is 3. The van der Waals surface area contributed by atoms with Crippen LogP contribution in [0.15, 0.2) is 18.2 Å². The minimum Gasteiger partial charge on any atom is -0.464 e. The van der Waals surface area contributed by atoms with Gasteiger partial charge < -0.3 is 14.2 Å². The molecule has 2 saturated carbocycles. The summed E-state index contributed by atoms with van der Waals surface area (Å²) < 4.78 is 17.5. The molecule has 4 rings (SSSR count). The van der Waals surface area contributed by atoms with Gasteiger partial charge in [0.2, 0.25) is 0 Å². The van der Waals surface area contributed by atoms with E-state index < -0.39 is 17.9 Å². The first-order chi connectivity index (χ1) is 13.1. The van der Waals surface area contributed by atoms with Crippen LogP contribution in [0.1, 0.15) is 69.8 Å². The lowest BCUT2D eigenvalue weighted by molar-refractivity contribution is -0.253. The predicted octanol–water partition coefficient (Wildman–Crippen LogP) is 5.60. The highest BCUT2D eigenvalue weighted by molar-refractivity contribution is 6.30. The average Bonchev–Trinajstić information content (AvgIpc) is 2.73.